The van der Waals surface area contributed by atoms with Crippen molar-refractivity contribution in [2.75, 3.05) is 12.4 Å². The molecular weight excluding hydrogens is 389 g/mol. The average molecular weight is 403 g/mol. The molecule has 2 aromatic carbocycles. The molecule has 0 fully saturated rings. The molecule has 0 aliphatic heterocycles. The van der Waals surface area contributed by atoms with Gasteiger partial charge in [0.05, 0.1) is 18.8 Å². The van der Waals surface area contributed by atoms with Crippen LogP contribution >= 0.6 is 31.9 Å². The third-order valence-corrected chi connectivity index (χ3v) is 4.16. The minimum absolute atomic E-state index is 0.161. The molecule has 2 aromatic rings. The van der Waals surface area contributed by atoms with Gasteiger partial charge in [-0.05, 0) is 47.1 Å². The van der Waals surface area contributed by atoms with Gasteiger partial charge in [-0.1, -0.05) is 22.0 Å². The Morgan fingerprint density at radius 2 is 1.90 bits per heavy atom. The summed E-state index contributed by atoms with van der Waals surface area (Å²) in [5.74, 6) is 0.234. The maximum Gasteiger partial charge on any atom is 0.132 e. The van der Waals surface area contributed by atoms with Crippen molar-refractivity contribution < 1.29 is 9.13 Å². The molecule has 106 valence electrons. The van der Waals surface area contributed by atoms with E-state index in [1.807, 2.05) is 25.1 Å². The van der Waals surface area contributed by atoms with Crippen LogP contribution in [0.4, 0.5) is 10.1 Å². The van der Waals surface area contributed by atoms with Crippen molar-refractivity contribution in [3.05, 3.63) is 56.7 Å². The van der Waals surface area contributed by atoms with Crippen molar-refractivity contribution >= 4 is 37.5 Å². The van der Waals surface area contributed by atoms with E-state index in [9.17, 15) is 4.39 Å². The van der Waals surface area contributed by atoms with E-state index in [1.54, 1.807) is 12.1 Å². The topological polar surface area (TPSA) is 21.3 Å². The molecule has 0 radical (unpaired) electrons. The molecule has 5 heteroatoms. The number of rotatable bonds is 4. The summed E-state index contributed by atoms with van der Waals surface area (Å²) in [7, 11) is 1.52. The van der Waals surface area contributed by atoms with Crippen molar-refractivity contribution in [1.29, 1.82) is 0 Å². The minimum Gasteiger partial charge on any atom is -0.497 e. The van der Waals surface area contributed by atoms with Crippen LogP contribution in [0.1, 0.15) is 18.5 Å². The molecule has 0 aliphatic carbocycles. The van der Waals surface area contributed by atoms with Gasteiger partial charge in [-0.15, -0.1) is 0 Å². The van der Waals surface area contributed by atoms with Crippen molar-refractivity contribution in [2.24, 2.45) is 0 Å². The predicted octanol–water partition coefficient (Wildman–Crippen LogP) is 5.53. The SMILES string of the molecule is COc1ccc(C(C)Nc2cc(Br)ccc2Br)c(F)c1. The van der Waals surface area contributed by atoms with Crippen LogP contribution in [-0.2, 0) is 0 Å². The lowest BCUT2D eigenvalue weighted by Gasteiger charge is -2.18. The highest BCUT2D eigenvalue weighted by molar-refractivity contribution is 9.11. The monoisotopic (exact) mass is 401 g/mol. The highest BCUT2D eigenvalue weighted by atomic mass is 79.9. The molecule has 2 rings (SSSR count). The summed E-state index contributed by atoms with van der Waals surface area (Å²) in [6, 6.07) is 10.5. The molecule has 0 heterocycles. The summed E-state index contributed by atoms with van der Waals surface area (Å²) in [6.07, 6.45) is 0. The van der Waals surface area contributed by atoms with E-state index >= 15 is 0 Å². The average Bonchev–Trinajstić information content (AvgIpc) is 2.42. The molecule has 0 amide bonds. The van der Waals surface area contributed by atoms with Crippen LogP contribution in [-0.4, -0.2) is 7.11 Å². The second kappa shape index (κ2) is 6.59. The lowest BCUT2D eigenvalue weighted by molar-refractivity contribution is 0.410. The third-order valence-electron chi connectivity index (χ3n) is 2.97. The van der Waals surface area contributed by atoms with Gasteiger partial charge < -0.3 is 10.1 Å². The summed E-state index contributed by atoms with van der Waals surface area (Å²) < 4.78 is 20.9. The molecule has 1 N–H and O–H groups in total. The highest BCUT2D eigenvalue weighted by Crippen LogP contribution is 2.30. The van der Waals surface area contributed by atoms with Gasteiger partial charge >= 0.3 is 0 Å². The maximum absolute atomic E-state index is 14.0. The summed E-state index contributed by atoms with van der Waals surface area (Å²) >= 11 is 6.90. The largest absolute Gasteiger partial charge is 0.497 e. The molecule has 2 nitrogen and oxygen atoms in total. The van der Waals surface area contributed by atoms with E-state index in [2.05, 4.69) is 37.2 Å². The fourth-order valence-corrected chi connectivity index (χ4v) is 2.63. The number of halogens is 3. The lowest BCUT2D eigenvalue weighted by Crippen LogP contribution is -2.09. The van der Waals surface area contributed by atoms with Crippen LogP contribution in [0.5, 0.6) is 5.75 Å². The first-order valence-corrected chi connectivity index (χ1v) is 7.65. The zero-order valence-electron chi connectivity index (χ0n) is 11.1. The number of hydrogen-bond acceptors (Lipinski definition) is 2. The Kier molecular flexibility index (Phi) is 5.05. The predicted molar refractivity (Wildman–Crippen MR) is 86.8 cm³/mol. The Bertz CT molecular complexity index is 619. The van der Waals surface area contributed by atoms with E-state index < -0.39 is 0 Å². The first kappa shape index (κ1) is 15.3. The lowest BCUT2D eigenvalue weighted by atomic mass is 10.1. The van der Waals surface area contributed by atoms with Gasteiger partial charge in [0.2, 0.25) is 0 Å². The zero-order chi connectivity index (χ0) is 14.7. The summed E-state index contributed by atoms with van der Waals surface area (Å²) in [6.45, 7) is 1.91. The van der Waals surface area contributed by atoms with Gasteiger partial charge in [0.1, 0.15) is 11.6 Å². The van der Waals surface area contributed by atoms with Crippen molar-refractivity contribution in [1.82, 2.24) is 0 Å². The number of methoxy groups -OCH3 is 1. The Balaban J connectivity index is 2.23. The molecular formula is C15H14Br2FNO. The third kappa shape index (κ3) is 3.52. The summed E-state index contributed by atoms with van der Waals surface area (Å²) in [5, 5.41) is 3.29. The minimum atomic E-state index is -0.282. The molecule has 0 bridgehead atoms. The van der Waals surface area contributed by atoms with Crippen LogP contribution in [0.25, 0.3) is 0 Å². The van der Waals surface area contributed by atoms with E-state index in [0.29, 0.717) is 11.3 Å². The first-order chi connectivity index (χ1) is 9.51. The van der Waals surface area contributed by atoms with E-state index in [1.165, 1.54) is 13.2 Å². The molecule has 0 saturated carbocycles. The van der Waals surface area contributed by atoms with E-state index in [-0.39, 0.29) is 11.9 Å². The normalized spacial score (nSPS) is 12.1. The van der Waals surface area contributed by atoms with Gasteiger partial charge in [-0.3, -0.25) is 0 Å². The summed E-state index contributed by atoms with van der Waals surface area (Å²) in [4.78, 5) is 0. The van der Waals surface area contributed by atoms with Crippen molar-refractivity contribution in [3.8, 4) is 5.75 Å². The van der Waals surface area contributed by atoms with Crippen LogP contribution in [0.2, 0.25) is 0 Å². The fraction of sp³-hybridized carbons (Fsp3) is 0.200. The standard InChI is InChI=1S/C15H14Br2FNO/c1-9(12-5-4-11(20-2)8-14(12)18)19-15-7-10(16)3-6-13(15)17/h3-9,19H,1-2H3. The highest BCUT2D eigenvalue weighted by Gasteiger charge is 2.13. The fourth-order valence-electron chi connectivity index (χ4n) is 1.91. The van der Waals surface area contributed by atoms with E-state index in [0.717, 1.165) is 14.6 Å². The van der Waals surface area contributed by atoms with Gasteiger partial charge in [0.15, 0.2) is 0 Å². The van der Waals surface area contributed by atoms with Gasteiger partial charge in [0, 0.05) is 20.6 Å². The van der Waals surface area contributed by atoms with E-state index in [4.69, 9.17) is 4.74 Å². The van der Waals surface area contributed by atoms with Gasteiger partial charge in [0.25, 0.3) is 0 Å². The maximum atomic E-state index is 14.0. The van der Waals surface area contributed by atoms with Crippen molar-refractivity contribution in [2.45, 2.75) is 13.0 Å². The van der Waals surface area contributed by atoms with Gasteiger partial charge in [-0.25, -0.2) is 4.39 Å². The number of anilines is 1. The van der Waals surface area contributed by atoms with Crippen LogP contribution in [0, 0.1) is 5.82 Å². The second-order valence-corrected chi connectivity index (χ2v) is 6.15. The molecule has 0 aliphatic rings. The quantitative estimate of drug-likeness (QED) is 0.725. The second-order valence-electron chi connectivity index (χ2n) is 4.38. The Morgan fingerprint density at radius 1 is 1.15 bits per heavy atom. The molecule has 1 atom stereocenters. The van der Waals surface area contributed by atoms with Gasteiger partial charge in [-0.2, -0.15) is 0 Å². The number of ether oxygens (including phenoxy) is 1. The Hall–Kier alpha value is -1.07. The smallest absolute Gasteiger partial charge is 0.132 e. The molecule has 0 spiro atoms. The van der Waals surface area contributed by atoms with Crippen LogP contribution in [0.3, 0.4) is 0 Å². The molecule has 0 saturated heterocycles. The molecule has 0 aromatic heterocycles. The summed E-state index contributed by atoms with van der Waals surface area (Å²) in [5.41, 5.74) is 1.50. The van der Waals surface area contributed by atoms with Crippen molar-refractivity contribution in [3.63, 3.8) is 0 Å². The van der Waals surface area contributed by atoms with Crippen LogP contribution in [0.15, 0.2) is 45.3 Å². The number of nitrogens with one attached hydrogen (secondary N) is 1. The van der Waals surface area contributed by atoms with Crippen LogP contribution < -0.4 is 10.1 Å². The Morgan fingerprint density at radius 3 is 2.55 bits per heavy atom. The number of benzene rings is 2. The zero-order valence-corrected chi connectivity index (χ0v) is 14.3. The Labute approximate surface area is 134 Å². The molecule has 1 unspecified atom stereocenters. The number of hydrogen-bond donors (Lipinski definition) is 1. The first-order valence-electron chi connectivity index (χ1n) is 6.06. The molecule has 20 heavy (non-hydrogen) atoms.